The van der Waals surface area contributed by atoms with Crippen LogP contribution in [0.5, 0.6) is 5.75 Å². The molecule has 1 aromatic rings. The van der Waals surface area contributed by atoms with Crippen molar-refractivity contribution in [2.45, 2.75) is 6.18 Å². The lowest BCUT2D eigenvalue weighted by Crippen LogP contribution is -2.19. The summed E-state index contributed by atoms with van der Waals surface area (Å²) >= 11 is 0. The van der Waals surface area contributed by atoms with E-state index in [-0.39, 0.29) is 0 Å². The van der Waals surface area contributed by atoms with Crippen molar-refractivity contribution < 1.29 is 22.6 Å². The van der Waals surface area contributed by atoms with Crippen LogP contribution in [0.2, 0.25) is 0 Å². The Kier molecular flexibility index (Phi) is 3.79. The number of rotatable bonds is 4. The first-order valence-corrected chi connectivity index (χ1v) is 4.10. The van der Waals surface area contributed by atoms with Gasteiger partial charge in [0, 0.05) is 11.8 Å². The number of anilines is 1. The highest BCUT2D eigenvalue weighted by molar-refractivity contribution is 5.43. The normalized spacial score (nSPS) is 11.4. The monoisotopic (exact) mass is 221 g/mol. The van der Waals surface area contributed by atoms with E-state index in [1.807, 2.05) is 0 Å². The van der Waals surface area contributed by atoms with Crippen LogP contribution in [0, 0.1) is 0 Å². The molecule has 0 spiro atoms. The molecule has 0 fully saturated rings. The Morgan fingerprint density at radius 2 is 2.00 bits per heavy atom. The maximum absolute atomic E-state index is 11.6. The van der Waals surface area contributed by atoms with E-state index < -0.39 is 19.6 Å². The lowest BCUT2D eigenvalue weighted by molar-refractivity contribution is -0.186. The minimum atomic E-state index is -4.33. The molecule has 0 aliphatic heterocycles. The van der Waals surface area contributed by atoms with Crippen molar-refractivity contribution in [3.05, 3.63) is 24.3 Å². The van der Waals surface area contributed by atoms with Crippen LogP contribution < -0.4 is 10.5 Å². The van der Waals surface area contributed by atoms with Crippen molar-refractivity contribution in [2.75, 3.05) is 19.1 Å². The zero-order valence-electron chi connectivity index (χ0n) is 7.75. The molecule has 0 radical (unpaired) electrons. The van der Waals surface area contributed by atoms with Gasteiger partial charge >= 0.3 is 6.18 Å². The fourth-order valence-corrected chi connectivity index (χ4v) is 0.871. The second-order valence-corrected chi connectivity index (χ2v) is 2.80. The molecule has 84 valence electrons. The van der Waals surface area contributed by atoms with Crippen molar-refractivity contribution in [3.8, 4) is 5.75 Å². The van der Waals surface area contributed by atoms with Gasteiger partial charge in [-0.05, 0) is 12.1 Å². The summed E-state index contributed by atoms with van der Waals surface area (Å²) in [5.74, 6) is 0.372. The van der Waals surface area contributed by atoms with E-state index >= 15 is 0 Å². The molecule has 0 amide bonds. The van der Waals surface area contributed by atoms with E-state index in [1.165, 1.54) is 6.07 Å². The second-order valence-electron chi connectivity index (χ2n) is 2.80. The van der Waals surface area contributed by atoms with Gasteiger partial charge in [0.25, 0.3) is 0 Å². The Hall–Kier alpha value is -1.43. The van der Waals surface area contributed by atoms with Gasteiger partial charge in [-0.25, -0.2) is 0 Å². The molecule has 15 heavy (non-hydrogen) atoms. The molecule has 0 aliphatic carbocycles. The lowest BCUT2D eigenvalue weighted by Gasteiger charge is -2.09. The van der Waals surface area contributed by atoms with Crippen LogP contribution in [-0.4, -0.2) is 19.6 Å². The van der Waals surface area contributed by atoms with Crippen molar-refractivity contribution in [1.29, 1.82) is 0 Å². The highest BCUT2D eigenvalue weighted by Gasteiger charge is 2.27. The minimum Gasteiger partial charge on any atom is -0.467 e. The summed E-state index contributed by atoms with van der Waals surface area (Å²) in [5.41, 5.74) is 5.91. The lowest BCUT2D eigenvalue weighted by atomic mass is 10.3. The Balaban J connectivity index is 2.26. The van der Waals surface area contributed by atoms with Crippen LogP contribution >= 0.6 is 0 Å². The van der Waals surface area contributed by atoms with Gasteiger partial charge in [0.2, 0.25) is 0 Å². The average Bonchev–Trinajstić information content (AvgIpc) is 2.11. The summed E-state index contributed by atoms with van der Waals surface area (Å²) in [6.07, 6.45) is -4.33. The first kappa shape index (κ1) is 11.6. The van der Waals surface area contributed by atoms with Gasteiger partial charge in [-0.3, -0.25) is 0 Å². The molecule has 0 aromatic heterocycles. The highest BCUT2D eigenvalue weighted by atomic mass is 19.4. The molecule has 1 rings (SSSR count). The molecule has 3 nitrogen and oxygen atoms in total. The second kappa shape index (κ2) is 4.88. The molecule has 0 saturated heterocycles. The number of nitrogens with two attached hydrogens (primary N) is 1. The molecule has 0 heterocycles. The Morgan fingerprint density at radius 3 is 2.60 bits per heavy atom. The van der Waals surface area contributed by atoms with Crippen molar-refractivity contribution in [3.63, 3.8) is 0 Å². The number of alkyl halides is 3. The van der Waals surface area contributed by atoms with Gasteiger partial charge in [-0.15, -0.1) is 0 Å². The molecular weight excluding hydrogens is 211 g/mol. The van der Waals surface area contributed by atoms with Crippen molar-refractivity contribution in [1.82, 2.24) is 0 Å². The third kappa shape index (κ3) is 5.11. The molecule has 6 heteroatoms. The zero-order valence-corrected chi connectivity index (χ0v) is 7.75. The summed E-state index contributed by atoms with van der Waals surface area (Å²) in [7, 11) is 0. The average molecular weight is 221 g/mol. The van der Waals surface area contributed by atoms with E-state index in [0.29, 0.717) is 11.4 Å². The zero-order chi connectivity index (χ0) is 11.3. The van der Waals surface area contributed by atoms with Crippen LogP contribution in [0.15, 0.2) is 24.3 Å². The highest BCUT2D eigenvalue weighted by Crippen LogP contribution is 2.16. The largest absolute Gasteiger partial charge is 0.467 e. The van der Waals surface area contributed by atoms with Gasteiger partial charge < -0.3 is 15.2 Å². The SMILES string of the molecule is Nc1cccc(OCOCC(F)(F)F)c1. The molecule has 2 N–H and O–H groups in total. The topological polar surface area (TPSA) is 44.5 Å². The fraction of sp³-hybridized carbons (Fsp3) is 0.333. The first-order valence-electron chi connectivity index (χ1n) is 4.10. The number of benzene rings is 1. The molecular formula is C9H10F3NO2. The van der Waals surface area contributed by atoms with E-state index in [2.05, 4.69) is 4.74 Å². The maximum atomic E-state index is 11.6. The van der Waals surface area contributed by atoms with E-state index in [0.717, 1.165) is 0 Å². The molecule has 0 aliphatic rings. The van der Waals surface area contributed by atoms with E-state index in [4.69, 9.17) is 10.5 Å². The summed E-state index contributed by atoms with van der Waals surface area (Å²) in [6, 6.07) is 6.35. The fourth-order valence-electron chi connectivity index (χ4n) is 0.871. The third-order valence-corrected chi connectivity index (χ3v) is 1.43. The van der Waals surface area contributed by atoms with Gasteiger partial charge in [0.05, 0.1) is 0 Å². The standard InChI is InChI=1S/C9H10F3NO2/c10-9(11,12)5-14-6-15-8-3-1-2-7(13)4-8/h1-4H,5-6,13H2. The number of hydrogen-bond acceptors (Lipinski definition) is 3. The van der Waals surface area contributed by atoms with E-state index in [1.54, 1.807) is 18.2 Å². The van der Waals surface area contributed by atoms with Gasteiger partial charge in [0.1, 0.15) is 12.4 Å². The van der Waals surface area contributed by atoms with Gasteiger partial charge in [0.15, 0.2) is 6.79 Å². The quantitative estimate of drug-likeness (QED) is 0.481. The number of ether oxygens (including phenoxy) is 2. The molecule has 0 atom stereocenters. The third-order valence-electron chi connectivity index (χ3n) is 1.43. The van der Waals surface area contributed by atoms with Crippen LogP contribution in [0.3, 0.4) is 0 Å². The number of nitrogen functional groups attached to an aromatic ring is 1. The van der Waals surface area contributed by atoms with Crippen molar-refractivity contribution >= 4 is 5.69 Å². The van der Waals surface area contributed by atoms with Crippen molar-refractivity contribution in [2.24, 2.45) is 0 Å². The predicted octanol–water partition coefficient (Wildman–Crippen LogP) is 2.18. The summed E-state index contributed by atoms with van der Waals surface area (Å²) in [5, 5.41) is 0. The predicted molar refractivity (Wildman–Crippen MR) is 48.4 cm³/mol. The summed E-state index contributed by atoms with van der Waals surface area (Å²) in [4.78, 5) is 0. The van der Waals surface area contributed by atoms with Crippen LogP contribution in [0.25, 0.3) is 0 Å². The maximum Gasteiger partial charge on any atom is 0.411 e. The van der Waals surface area contributed by atoms with E-state index in [9.17, 15) is 13.2 Å². The Bertz CT molecular complexity index is 314. The minimum absolute atomic E-state index is 0.372. The van der Waals surface area contributed by atoms with Gasteiger partial charge in [-0.1, -0.05) is 6.07 Å². The molecule has 1 aromatic carbocycles. The number of hydrogen-bond donors (Lipinski definition) is 1. The van der Waals surface area contributed by atoms with Gasteiger partial charge in [-0.2, -0.15) is 13.2 Å². The Morgan fingerprint density at radius 1 is 1.27 bits per heavy atom. The van der Waals surface area contributed by atoms with Crippen LogP contribution in [0.1, 0.15) is 0 Å². The first-order chi connectivity index (χ1) is 6.97. The molecule has 0 bridgehead atoms. The molecule has 0 saturated carbocycles. The molecule has 0 unspecified atom stereocenters. The van der Waals surface area contributed by atoms with Crippen LogP contribution in [-0.2, 0) is 4.74 Å². The summed E-state index contributed by atoms with van der Waals surface area (Å²) in [6.45, 7) is -1.78. The number of halogens is 3. The summed E-state index contributed by atoms with van der Waals surface area (Å²) < 4.78 is 44.1. The smallest absolute Gasteiger partial charge is 0.411 e. The Labute approximate surface area is 84.6 Å². The van der Waals surface area contributed by atoms with Crippen LogP contribution in [0.4, 0.5) is 18.9 Å².